The fraction of sp³-hybridized carbons (Fsp3) is 0.588. The Bertz CT molecular complexity index is 445. The van der Waals surface area contributed by atoms with Crippen LogP contribution in [0.15, 0.2) is 24.3 Å². The van der Waals surface area contributed by atoms with Crippen LogP contribution in [0.3, 0.4) is 0 Å². The van der Waals surface area contributed by atoms with Gasteiger partial charge in [0.15, 0.2) is 0 Å². The zero-order valence-corrected chi connectivity index (χ0v) is 12.0. The van der Waals surface area contributed by atoms with Crippen LogP contribution in [0.1, 0.15) is 50.5 Å². The molecule has 2 N–H and O–H groups in total. The van der Waals surface area contributed by atoms with Crippen molar-refractivity contribution >= 4 is 11.6 Å². The molecule has 0 saturated heterocycles. The van der Waals surface area contributed by atoms with Crippen molar-refractivity contribution < 1.29 is 4.79 Å². The van der Waals surface area contributed by atoms with Crippen molar-refractivity contribution in [2.24, 2.45) is 5.92 Å². The molecule has 3 rings (SSSR count). The highest BCUT2D eigenvalue weighted by atomic mass is 16.1. The summed E-state index contributed by atoms with van der Waals surface area (Å²) in [5, 5.41) is 6.55. The van der Waals surface area contributed by atoms with E-state index in [1.165, 1.54) is 37.7 Å². The normalized spacial score (nSPS) is 19.8. The molecule has 0 spiro atoms. The average Bonchev–Trinajstić information content (AvgIpc) is 3.32. The van der Waals surface area contributed by atoms with Crippen LogP contribution in [0, 0.1) is 5.92 Å². The van der Waals surface area contributed by atoms with Crippen molar-refractivity contribution in [1.29, 1.82) is 0 Å². The smallest absolute Gasteiger partial charge is 0.227 e. The Kier molecular flexibility index (Phi) is 4.36. The lowest BCUT2D eigenvalue weighted by Gasteiger charge is -2.20. The fourth-order valence-electron chi connectivity index (χ4n) is 2.86. The molecule has 1 aromatic carbocycles. The van der Waals surface area contributed by atoms with Gasteiger partial charge in [-0.1, -0.05) is 31.4 Å². The summed E-state index contributed by atoms with van der Waals surface area (Å²) in [6, 6.07) is 8.98. The number of hydrogen-bond acceptors (Lipinski definition) is 2. The van der Waals surface area contributed by atoms with E-state index in [1.54, 1.807) is 0 Å². The lowest BCUT2D eigenvalue weighted by atomic mass is 9.88. The number of anilines is 1. The molecule has 0 aromatic heterocycles. The molecular formula is C17H24N2O. The second-order valence-corrected chi connectivity index (χ2v) is 6.18. The van der Waals surface area contributed by atoms with E-state index in [9.17, 15) is 4.79 Å². The van der Waals surface area contributed by atoms with E-state index in [0.29, 0.717) is 0 Å². The van der Waals surface area contributed by atoms with Gasteiger partial charge in [0.2, 0.25) is 5.91 Å². The Morgan fingerprint density at radius 2 is 1.70 bits per heavy atom. The van der Waals surface area contributed by atoms with Crippen molar-refractivity contribution in [1.82, 2.24) is 5.32 Å². The Morgan fingerprint density at radius 1 is 1.00 bits per heavy atom. The molecule has 3 heteroatoms. The first-order valence-electron chi connectivity index (χ1n) is 7.94. The molecule has 1 aromatic rings. The third kappa shape index (κ3) is 3.83. The summed E-state index contributed by atoms with van der Waals surface area (Å²) in [6.07, 6.45) is 8.41. The van der Waals surface area contributed by atoms with Crippen molar-refractivity contribution in [3.63, 3.8) is 0 Å². The Balaban J connectivity index is 1.49. The molecule has 0 unspecified atom stereocenters. The molecule has 2 fully saturated rings. The number of carbonyl (C=O) groups excluding carboxylic acids is 1. The van der Waals surface area contributed by atoms with Crippen LogP contribution in [0.5, 0.6) is 0 Å². The van der Waals surface area contributed by atoms with Crippen LogP contribution in [-0.4, -0.2) is 11.9 Å². The number of nitrogens with one attached hydrogen (secondary N) is 2. The molecule has 108 valence electrons. The first-order chi connectivity index (χ1) is 9.81. The van der Waals surface area contributed by atoms with Gasteiger partial charge in [-0.3, -0.25) is 4.79 Å². The molecule has 0 bridgehead atoms. The first kappa shape index (κ1) is 13.6. The summed E-state index contributed by atoms with van der Waals surface area (Å²) in [6.45, 7) is 0.932. The van der Waals surface area contributed by atoms with Gasteiger partial charge in [-0.05, 0) is 43.4 Å². The van der Waals surface area contributed by atoms with E-state index in [0.717, 1.165) is 31.1 Å². The van der Waals surface area contributed by atoms with Crippen molar-refractivity contribution in [3.8, 4) is 0 Å². The minimum absolute atomic E-state index is 0.202. The topological polar surface area (TPSA) is 41.1 Å². The van der Waals surface area contributed by atoms with Gasteiger partial charge in [-0.2, -0.15) is 0 Å². The minimum Gasteiger partial charge on any atom is -0.326 e. The molecule has 1 amide bonds. The number of amides is 1. The average molecular weight is 272 g/mol. The highest BCUT2D eigenvalue weighted by molar-refractivity contribution is 5.92. The van der Waals surface area contributed by atoms with Crippen LogP contribution in [-0.2, 0) is 11.3 Å². The summed E-state index contributed by atoms with van der Waals surface area (Å²) in [7, 11) is 0. The van der Waals surface area contributed by atoms with Crippen LogP contribution >= 0.6 is 0 Å². The highest BCUT2D eigenvalue weighted by Crippen LogP contribution is 2.25. The molecule has 2 aliphatic carbocycles. The van der Waals surface area contributed by atoms with Gasteiger partial charge >= 0.3 is 0 Å². The minimum atomic E-state index is 0.202. The molecule has 3 nitrogen and oxygen atoms in total. The van der Waals surface area contributed by atoms with Gasteiger partial charge < -0.3 is 10.6 Å². The van der Waals surface area contributed by atoms with Gasteiger partial charge in [0.05, 0.1) is 0 Å². The van der Waals surface area contributed by atoms with Gasteiger partial charge in [-0.25, -0.2) is 0 Å². The molecule has 20 heavy (non-hydrogen) atoms. The van der Waals surface area contributed by atoms with E-state index in [-0.39, 0.29) is 11.8 Å². The Labute approximate surface area is 121 Å². The maximum Gasteiger partial charge on any atom is 0.227 e. The third-order valence-corrected chi connectivity index (χ3v) is 4.37. The molecule has 0 radical (unpaired) electrons. The van der Waals surface area contributed by atoms with Crippen LogP contribution in [0.25, 0.3) is 0 Å². The van der Waals surface area contributed by atoms with E-state index in [2.05, 4.69) is 22.8 Å². The van der Waals surface area contributed by atoms with Gasteiger partial charge in [0, 0.05) is 24.2 Å². The fourth-order valence-corrected chi connectivity index (χ4v) is 2.86. The van der Waals surface area contributed by atoms with Crippen LogP contribution in [0.4, 0.5) is 5.69 Å². The van der Waals surface area contributed by atoms with Crippen molar-refractivity contribution in [3.05, 3.63) is 29.8 Å². The zero-order chi connectivity index (χ0) is 13.8. The molecule has 0 aliphatic heterocycles. The summed E-state index contributed by atoms with van der Waals surface area (Å²) < 4.78 is 0. The summed E-state index contributed by atoms with van der Waals surface area (Å²) in [4.78, 5) is 12.2. The predicted octanol–water partition coefficient (Wildman–Crippen LogP) is 3.46. The van der Waals surface area contributed by atoms with Gasteiger partial charge in [-0.15, -0.1) is 0 Å². The second kappa shape index (κ2) is 6.40. The lowest BCUT2D eigenvalue weighted by molar-refractivity contribution is -0.120. The van der Waals surface area contributed by atoms with Crippen LogP contribution < -0.4 is 10.6 Å². The molecule has 0 heterocycles. The SMILES string of the molecule is O=C(Nc1ccc(CNC2CC2)cc1)C1CCCCC1. The lowest BCUT2D eigenvalue weighted by Crippen LogP contribution is -2.24. The standard InChI is InChI=1S/C17H24N2O/c20-17(14-4-2-1-3-5-14)19-16-8-6-13(7-9-16)12-18-15-10-11-15/h6-9,14-15,18H,1-5,10-12H2,(H,19,20). The van der Waals surface area contributed by atoms with E-state index in [4.69, 9.17) is 0 Å². The molecule has 2 saturated carbocycles. The third-order valence-electron chi connectivity index (χ3n) is 4.37. The summed E-state index contributed by atoms with van der Waals surface area (Å²) >= 11 is 0. The monoisotopic (exact) mass is 272 g/mol. The maximum atomic E-state index is 12.2. The van der Waals surface area contributed by atoms with E-state index >= 15 is 0 Å². The Hall–Kier alpha value is -1.35. The van der Waals surface area contributed by atoms with Gasteiger partial charge in [0.1, 0.15) is 0 Å². The van der Waals surface area contributed by atoms with Crippen molar-refractivity contribution in [2.75, 3.05) is 5.32 Å². The highest BCUT2D eigenvalue weighted by Gasteiger charge is 2.21. The zero-order valence-electron chi connectivity index (χ0n) is 12.0. The Morgan fingerprint density at radius 3 is 2.35 bits per heavy atom. The van der Waals surface area contributed by atoms with Crippen molar-refractivity contribution in [2.45, 2.75) is 57.5 Å². The maximum absolute atomic E-state index is 12.2. The molecular weight excluding hydrogens is 248 g/mol. The summed E-state index contributed by atoms with van der Waals surface area (Å²) in [5.74, 6) is 0.425. The summed E-state index contributed by atoms with van der Waals surface area (Å²) in [5.41, 5.74) is 2.21. The van der Waals surface area contributed by atoms with Crippen LogP contribution in [0.2, 0.25) is 0 Å². The number of benzene rings is 1. The van der Waals surface area contributed by atoms with E-state index in [1.807, 2.05) is 12.1 Å². The number of hydrogen-bond donors (Lipinski definition) is 2. The predicted molar refractivity (Wildman–Crippen MR) is 81.5 cm³/mol. The first-order valence-corrected chi connectivity index (χ1v) is 7.94. The van der Waals surface area contributed by atoms with Gasteiger partial charge in [0.25, 0.3) is 0 Å². The van der Waals surface area contributed by atoms with E-state index < -0.39 is 0 Å². The quantitative estimate of drug-likeness (QED) is 0.862. The number of carbonyl (C=O) groups is 1. The second-order valence-electron chi connectivity index (χ2n) is 6.18. The molecule has 2 aliphatic rings. The largest absolute Gasteiger partial charge is 0.326 e. The number of rotatable bonds is 5. The molecule has 0 atom stereocenters.